The lowest BCUT2D eigenvalue weighted by Gasteiger charge is -2.45. The van der Waals surface area contributed by atoms with Crippen LogP contribution in [0.1, 0.15) is 60.3 Å². The number of hydrogen-bond acceptors (Lipinski definition) is 2. The molecule has 0 aromatic heterocycles. The molecule has 15 heavy (non-hydrogen) atoms. The quantitative estimate of drug-likeness (QED) is 0.668. The van der Waals surface area contributed by atoms with Gasteiger partial charge in [0, 0.05) is 11.6 Å². The van der Waals surface area contributed by atoms with E-state index in [-0.39, 0.29) is 11.8 Å². The first kappa shape index (κ1) is 13.0. The van der Waals surface area contributed by atoms with Gasteiger partial charge in [0.05, 0.1) is 0 Å². The van der Waals surface area contributed by atoms with Crippen molar-refractivity contribution in [2.24, 2.45) is 5.92 Å². The summed E-state index contributed by atoms with van der Waals surface area (Å²) in [5.41, 5.74) is 0.0654. The fourth-order valence-corrected chi connectivity index (χ4v) is 2.89. The highest BCUT2D eigenvalue weighted by Crippen LogP contribution is 2.29. The Morgan fingerprint density at radius 2 is 1.73 bits per heavy atom. The molecular weight excluding hydrogens is 186 g/mol. The average Bonchev–Trinajstić information content (AvgIpc) is 1.98. The molecule has 1 aliphatic heterocycles. The molecule has 0 aromatic carbocycles. The molecule has 0 aliphatic carbocycles. The molecule has 0 radical (unpaired) electrons. The molecule has 0 aromatic rings. The maximum atomic E-state index is 10.3. The van der Waals surface area contributed by atoms with E-state index < -0.39 is 0 Å². The number of aliphatic hydroxyl groups is 1. The lowest BCUT2D eigenvalue weighted by Crippen LogP contribution is -2.53. The van der Waals surface area contributed by atoms with Crippen molar-refractivity contribution in [2.75, 3.05) is 0 Å². The molecule has 0 bridgehead atoms. The summed E-state index contributed by atoms with van der Waals surface area (Å²) in [4.78, 5) is 2.28. The van der Waals surface area contributed by atoms with Gasteiger partial charge in [0.25, 0.3) is 0 Å². The highest BCUT2D eigenvalue weighted by Gasteiger charge is 2.33. The number of likely N-dealkylation sites (tertiary alicyclic amines) is 1. The fourth-order valence-electron chi connectivity index (χ4n) is 2.89. The number of nitrogens with zero attached hydrogens (tertiary/aromatic N) is 1. The maximum absolute atomic E-state index is 10.3. The fraction of sp³-hybridized carbons (Fsp3) is 1.00. The molecule has 1 aliphatic rings. The second-order valence-corrected chi connectivity index (χ2v) is 6.18. The summed E-state index contributed by atoms with van der Waals surface area (Å²) >= 11 is 0. The zero-order valence-corrected chi connectivity index (χ0v) is 11.0. The molecule has 0 spiro atoms. The Labute approximate surface area is 94.7 Å². The van der Waals surface area contributed by atoms with Gasteiger partial charge >= 0.3 is 0 Å². The topological polar surface area (TPSA) is 23.5 Å². The minimum Gasteiger partial charge on any atom is -0.378 e. The van der Waals surface area contributed by atoms with E-state index >= 15 is 0 Å². The molecular formula is C13H27NO. The molecule has 1 fully saturated rings. The Morgan fingerprint density at radius 1 is 1.13 bits per heavy atom. The van der Waals surface area contributed by atoms with Gasteiger partial charge in [-0.25, -0.2) is 0 Å². The standard InChI is InChI=1S/C13H27NO/c1-10-7-6-8-11(2)14(12(15)9-10)13(3,4)5/h10-12,15H,6-9H2,1-5H3. The van der Waals surface area contributed by atoms with Gasteiger partial charge in [0.15, 0.2) is 0 Å². The average molecular weight is 213 g/mol. The van der Waals surface area contributed by atoms with Gasteiger partial charge in [-0.05, 0) is 46.5 Å². The van der Waals surface area contributed by atoms with Crippen LogP contribution in [-0.2, 0) is 0 Å². The van der Waals surface area contributed by atoms with Crippen LogP contribution in [0, 0.1) is 5.92 Å². The maximum Gasteiger partial charge on any atom is 0.108 e. The summed E-state index contributed by atoms with van der Waals surface area (Å²) in [6.45, 7) is 11.1. The normalized spacial score (nSPS) is 36.0. The first-order valence-corrected chi connectivity index (χ1v) is 6.29. The van der Waals surface area contributed by atoms with Crippen LogP contribution in [0.4, 0.5) is 0 Å². The first-order chi connectivity index (χ1) is 6.82. The molecule has 3 atom stereocenters. The van der Waals surface area contributed by atoms with E-state index in [1.165, 1.54) is 19.3 Å². The largest absolute Gasteiger partial charge is 0.378 e. The molecule has 1 N–H and O–H groups in total. The summed E-state index contributed by atoms with van der Waals surface area (Å²) in [6, 6.07) is 0.493. The van der Waals surface area contributed by atoms with E-state index in [1.54, 1.807) is 0 Å². The molecule has 90 valence electrons. The SMILES string of the molecule is CC1CCCC(C)N(C(C)(C)C)C(O)C1. The van der Waals surface area contributed by atoms with E-state index in [0.717, 1.165) is 6.42 Å². The van der Waals surface area contributed by atoms with Crippen molar-refractivity contribution in [3.63, 3.8) is 0 Å². The van der Waals surface area contributed by atoms with E-state index in [9.17, 15) is 5.11 Å². The van der Waals surface area contributed by atoms with Gasteiger partial charge in [-0.3, -0.25) is 4.90 Å². The van der Waals surface area contributed by atoms with Gasteiger partial charge in [0.1, 0.15) is 6.23 Å². The monoisotopic (exact) mass is 213 g/mol. The number of hydrogen-bond donors (Lipinski definition) is 1. The van der Waals surface area contributed by atoms with Crippen LogP contribution >= 0.6 is 0 Å². The van der Waals surface area contributed by atoms with Crippen LogP contribution in [-0.4, -0.2) is 27.8 Å². The second kappa shape index (κ2) is 4.84. The van der Waals surface area contributed by atoms with Crippen molar-refractivity contribution < 1.29 is 5.11 Å². The van der Waals surface area contributed by atoms with Gasteiger partial charge in [-0.15, -0.1) is 0 Å². The molecule has 1 saturated heterocycles. The Kier molecular flexibility index (Phi) is 4.19. The van der Waals surface area contributed by atoms with Crippen LogP contribution in [0.3, 0.4) is 0 Å². The van der Waals surface area contributed by atoms with Crippen LogP contribution < -0.4 is 0 Å². The molecule has 0 amide bonds. The van der Waals surface area contributed by atoms with Gasteiger partial charge in [0.2, 0.25) is 0 Å². The van der Waals surface area contributed by atoms with E-state index in [0.29, 0.717) is 12.0 Å². The second-order valence-electron chi connectivity index (χ2n) is 6.18. The summed E-state index contributed by atoms with van der Waals surface area (Å²) in [7, 11) is 0. The predicted octanol–water partition coefficient (Wildman–Crippen LogP) is 3.00. The lowest BCUT2D eigenvalue weighted by atomic mass is 9.90. The molecule has 1 heterocycles. The summed E-state index contributed by atoms with van der Waals surface area (Å²) < 4.78 is 0. The minimum absolute atomic E-state index is 0.0654. The molecule has 2 nitrogen and oxygen atoms in total. The van der Waals surface area contributed by atoms with Crippen LogP contribution in [0.5, 0.6) is 0 Å². The molecule has 1 rings (SSSR count). The van der Waals surface area contributed by atoms with Gasteiger partial charge in [-0.2, -0.15) is 0 Å². The van der Waals surface area contributed by atoms with E-state index in [1.807, 2.05) is 0 Å². The lowest BCUT2D eigenvalue weighted by molar-refractivity contribution is -0.0933. The zero-order chi connectivity index (χ0) is 11.6. The molecule has 3 unspecified atom stereocenters. The number of rotatable bonds is 0. The smallest absolute Gasteiger partial charge is 0.108 e. The van der Waals surface area contributed by atoms with Crippen molar-refractivity contribution in [2.45, 2.75) is 78.1 Å². The van der Waals surface area contributed by atoms with E-state index in [2.05, 4.69) is 39.5 Å². The number of aliphatic hydroxyl groups excluding tert-OH is 1. The van der Waals surface area contributed by atoms with Gasteiger partial charge in [-0.1, -0.05) is 19.8 Å². The Bertz CT molecular complexity index is 197. The van der Waals surface area contributed by atoms with Crippen molar-refractivity contribution in [3.8, 4) is 0 Å². The van der Waals surface area contributed by atoms with Crippen LogP contribution in [0.25, 0.3) is 0 Å². The van der Waals surface area contributed by atoms with Crippen LogP contribution in [0.2, 0.25) is 0 Å². The van der Waals surface area contributed by atoms with Crippen molar-refractivity contribution in [3.05, 3.63) is 0 Å². The Balaban J connectivity index is 2.78. The highest BCUT2D eigenvalue weighted by atomic mass is 16.3. The van der Waals surface area contributed by atoms with Crippen molar-refractivity contribution in [1.29, 1.82) is 0 Å². The summed E-state index contributed by atoms with van der Waals surface area (Å²) in [5.74, 6) is 0.650. The minimum atomic E-state index is -0.268. The van der Waals surface area contributed by atoms with Crippen LogP contribution in [0.15, 0.2) is 0 Å². The van der Waals surface area contributed by atoms with Crippen molar-refractivity contribution >= 4 is 0 Å². The van der Waals surface area contributed by atoms with E-state index in [4.69, 9.17) is 0 Å². The Hall–Kier alpha value is -0.0800. The third-order valence-electron chi connectivity index (χ3n) is 3.50. The summed E-state index contributed by atoms with van der Waals surface area (Å²) in [5, 5.41) is 10.3. The van der Waals surface area contributed by atoms with Crippen molar-refractivity contribution in [1.82, 2.24) is 4.90 Å². The molecule has 2 heteroatoms. The zero-order valence-electron chi connectivity index (χ0n) is 11.0. The third-order valence-corrected chi connectivity index (χ3v) is 3.50. The third kappa shape index (κ3) is 3.46. The Morgan fingerprint density at radius 3 is 2.27 bits per heavy atom. The first-order valence-electron chi connectivity index (χ1n) is 6.29. The highest BCUT2D eigenvalue weighted by molar-refractivity contribution is 4.85. The predicted molar refractivity (Wildman–Crippen MR) is 64.7 cm³/mol. The summed E-state index contributed by atoms with van der Waals surface area (Å²) in [6.07, 6.45) is 4.41. The molecule has 0 saturated carbocycles. The van der Waals surface area contributed by atoms with Gasteiger partial charge < -0.3 is 5.11 Å².